The first-order valence-electron chi connectivity index (χ1n) is 5.45. The van der Waals surface area contributed by atoms with Gasteiger partial charge >= 0.3 is 0 Å². The van der Waals surface area contributed by atoms with Gasteiger partial charge in [-0.1, -0.05) is 29.3 Å². The van der Waals surface area contributed by atoms with E-state index in [0.29, 0.717) is 12.8 Å². The molecule has 102 valence electrons. The second kappa shape index (κ2) is 6.73. The fourth-order valence-corrected chi connectivity index (χ4v) is 3.52. The van der Waals surface area contributed by atoms with Crippen LogP contribution in [0.2, 0.25) is 10.0 Å². The van der Waals surface area contributed by atoms with Crippen molar-refractivity contribution in [3.63, 3.8) is 0 Å². The Morgan fingerprint density at radius 2 is 2.06 bits per heavy atom. The third-order valence-corrected chi connectivity index (χ3v) is 4.92. The predicted octanol–water partition coefficient (Wildman–Crippen LogP) is 2.43. The predicted molar refractivity (Wildman–Crippen MR) is 72.6 cm³/mol. The quantitative estimate of drug-likeness (QED) is 0.848. The molecule has 0 amide bonds. The van der Waals surface area contributed by atoms with E-state index in [1.54, 1.807) is 6.92 Å². The lowest BCUT2D eigenvalue weighted by molar-refractivity contribution is 0.279. The summed E-state index contributed by atoms with van der Waals surface area (Å²) in [7, 11) is -3.69. The highest BCUT2D eigenvalue weighted by Crippen LogP contribution is 2.28. The zero-order valence-corrected chi connectivity index (χ0v) is 12.2. The smallest absolute Gasteiger partial charge is 0.242 e. The minimum absolute atomic E-state index is 0.0148. The van der Waals surface area contributed by atoms with E-state index in [2.05, 4.69) is 4.72 Å². The number of rotatable bonds is 6. The molecule has 0 saturated carbocycles. The highest BCUT2D eigenvalue weighted by Gasteiger charge is 2.21. The molecule has 0 aliphatic carbocycles. The summed E-state index contributed by atoms with van der Waals surface area (Å²) in [5, 5.41) is 8.91. The summed E-state index contributed by atoms with van der Waals surface area (Å²) in [6.07, 6.45) is 1.08. The molecule has 7 heteroatoms. The molecule has 4 nitrogen and oxygen atoms in total. The number of aliphatic hydroxyl groups is 1. The van der Waals surface area contributed by atoms with Crippen LogP contribution in [-0.4, -0.2) is 26.2 Å². The van der Waals surface area contributed by atoms with Gasteiger partial charge in [0, 0.05) is 12.6 Å². The lowest BCUT2D eigenvalue weighted by atomic mass is 10.2. The average Bonchev–Trinajstić information content (AvgIpc) is 2.29. The molecule has 0 heterocycles. The van der Waals surface area contributed by atoms with Gasteiger partial charge in [0.1, 0.15) is 4.90 Å². The van der Waals surface area contributed by atoms with Gasteiger partial charge in [0.25, 0.3) is 0 Å². The highest BCUT2D eigenvalue weighted by atomic mass is 35.5. The van der Waals surface area contributed by atoms with Crippen molar-refractivity contribution in [3.8, 4) is 0 Å². The molecule has 0 aromatic heterocycles. The van der Waals surface area contributed by atoms with Crippen LogP contribution >= 0.6 is 23.2 Å². The Bertz CT molecular complexity index is 505. The minimum Gasteiger partial charge on any atom is -0.396 e. The molecule has 0 spiro atoms. The van der Waals surface area contributed by atoms with Crippen molar-refractivity contribution in [3.05, 3.63) is 28.2 Å². The number of hydrogen-bond donors (Lipinski definition) is 2. The molecule has 2 N–H and O–H groups in total. The molecule has 0 aliphatic rings. The van der Waals surface area contributed by atoms with Crippen molar-refractivity contribution in [1.82, 2.24) is 4.72 Å². The Hall–Kier alpha value is -0.330. The van der Waals surface area contributed by atoms with Crippen LogP contribution < -0.4 is 4.72 Å². The van der Waals surface area contributed by atoms with E-state index in [-0.39, 0.29) is 27.6 Å². The fourth-order valence-electron chi connectivity index (χ4n) is 1.48. The van der Waals surface area contributed by atoms with E-state index in [9.17, 15) is 8.42 Å². The van der Waals surface area contributed by atoms with Crippen molar-refractivity contribution < 1.29 is 13.5 Å². The molecule has 18 heavy (non-hydrogen) atoms. The Kier molecular flexibility index (Phi) is 5.88. The number of halogens is 2. The standard InChI is InChI=1S/C11H15Cl2NO3S/c1-8(4-3-7-15)14-18(16,17)10-6-2-5-9(12)11(10)13/h2,5-6,8,14-15H,3-4,7H2,1H3. The monoisotopic (exact) mass is 311 g/mol. The van der Waals surface area contributed by atoms with Crippen LogP contribution in [0.25, 0.3) is 0 Å². The third-order valence-electron chi connectivity index (χ3n) is 2.36. The van der Waals surface area contributed by atoms with Crippen LogP contribution in [0.3, 0.4) is 0 Å². The van der Waals surface area contributed by atoms with Gasteiger partial charge in [-0.2, -0.15) is 0 Å². The third kappa shape index (κ3) is 4.10. The summed E-state index contributed by atoms with van der Waals surface area (Å²) in [4.78, 5) is -0.0347. The number of benzene rings is 1. The van der Waals surface area contributed by atoms with E-state index >= 15 is 0 Å². The van der Waals surface area contributed by atoms with Crippen LogP contribution in [-0.2, 0) is 10.0 Å². The first kappa shape index (κ1) is 15.7. The molecule has 1 unspecified atom stereocenters. The van der Waals surface area contributed by atoms with Gasteiger partial charge in [-0.05, 0) is 31.9 Å². The van der Waals surface area contributed by atoms with Crippen LogP contribution in [0.4, 0.5) is 0 Å². The summed E-state index contributed by atoms with van der Waals surface area (Å²) in [6.45, 7) is 1.76. The second-order valence-electron chi connectivity index (χ2n) is 3.94. The Morgan fingerprint density at radius 3 is 2.67 bits per heavy atom. The molecule has 1 aromatic carbocycles. The van der Waals surface area contributed by atoms with Gasteiger partial charge in [-0.15, -0.1) is 0 Å². The fraction of sp³-hybridized carbons (Fsp3) is 0.455. The van der Waals surface area contributed by atoms with Crippen LogP contribution in [0.1, 0.15) is 19.8 Å². The molecular formula is C11H15Cl2NO3S. The molecule has 1 atom stereocenters. The molecule has 0 aliphatic heterocycles. The van der Waals surface area contributed by atoms with Crippen molar-refractivity contribution in [2.24, 2.45) is 0 Å². The van der Waals surface area contributed by atoms with Crippen LogP contribution in [0.15, 0.2) is 23.1 Å². The zero-order valence-electron chi connectivity index (χ0n) is 9.86. The summed E-state index contributed by atoms with van der Waals surface area (Å²) in [5.74, 6) is 0. The topological polar surface area (TPSA) is 66.4 Å². The Morgan fingerprint density at radius 1 is 1.39 bits per heavy atom. The van der Waals surface area contributed by atoms with Crippen molar-refractivity contribution >= 4 is 33.2 Å². The Labute approximate surface area is 117 Å². The largest absolute Gasteiger partial charge is 0.396 e. The first-order valence-corrected chi connectivity index (χ1v) is 7.69. The second-order valence-corrected chi connectivity index (χ2v) is 6.41. The van der Waals surface area contributed by atoms with E-state index in [1.165, 1.54) is 18.2 Å². The molecule has 1 rings (SSSR count). The summed E-state index contributed by atoms with van der Waals surface area (Å²) in [6, 6.07) is 4.17. The molecule has 0 radical (unpaired) electrons. The van der Waals surface area contributed by atoms with Crippen LogP contribution in [0.5, 0.6) is 0 Å². The van der Waals surface area contributed by atoms with E-state index in [1.807, 2.05) is 0 Å². The van der Waals surface area contributed by atoms with E-state index in [0.717, 1.165) is 0 Å². The average molecular weight is 312 g/mol. The van der Waals surface area contributed by atoms with E-state index < -0.39 is 10.0 Å². The maximum absolute atomic E-state index is 12.1. The van der Waals surface area contributed by atoms with E-state index in [4.69, 9.17) is 28.3 Å². The van der Waals surface area contributed by atoms with Crippen molar-refractivity contribution in [2.45, 2.75) is 30.7 Å². The lowest BCUT2D eigenvalue weighted by Crippen LogP contribution is -2.32. The number of hydrogen-bond acceptors (Lipinski definition) is 3. The van der Waals surface area contributed by atoms with Gasteiger partial charge in [0.05, 0.1) is 10.0 Å². The number of nitrogens with one attached hydrogen (secondary N) is 1. The molecule has 1 aromatic rings. The lowest BCUT2D eigenvalue weighted by Gasteiger charge is -2.14. The SMILES string of the molecule is CC(CCCO)NS(=O)(=O)c1cccc(Cl)c1Cl. The zero-order chi connectivity index (χ0) is 13.8. The summed E-state index contributed by atoms with van der Waals surface area (Å²) in [5.41, 5.74) is 0. The van der Waals surface area contributed by atoms with Gasteiger partial charge in [-0.25, -0.2) is 13.1 Å². The van der Waals surface area contributed by atoms with Gasteiger partial charge in [0.15, 0.2) is 0 Å². The molecule has 0 saturated heterocycles. The molecule has 0 bridgehead atoms. The van der Waals surface area contributed by atoms with Gasteiger partial charge in [0.2, 0.25) is 10.0 Å². The normalized spacial score (nSPS) is 13.6. The molecule has 0 fully saturated rings. The Balaban J connectivity index is 2.90. The van der Waals surface area contributed by atoms with Crippen molar-refractivity contribution in [2.75, 3.05) is 6.61 Å². The van der Waals surface area contributed by atoms with Crippen LogP contribution in [0, 0.1) is 0 Å². The minimum atomic E-state index is -3.69. The maximum atomic E-state index is 12.1. The molecular weight excluding hydrogens is 297 g/mol. The summed E-state index contributed by atoms with van der Waals surface area (Å²) >= 11 is 11.7. The van der Waals surface area contributed by atoms with Gasteiger partial charge < -0.3 is 5.11 Å². The maximum Gasteiger partial charge on any atom is 0.242 e. The van der Waals surface area contributed by atoms with Gasteiger partial charge in [-0.3, -0.25) is 0 Å². The summed E-state index contributed by atoms with van der Waals surface area (Å²) < 4.78 is 26.6. The van der Waals surface area contributed by atoms with Crippen molar-refractivity contribution in [1.29, 1.82) is 0 Å². The number of sulfonamides is 1. The number of aliphatic hydroxyl groups excluding tert-OH is 1. The highest BCUT2D eigenvalue weighted by molar-refractivity contribution is 7.89. The first-order chi connectivity index (χ1) is 8.38.